The largest absolute Gasteiger partial charge is 0.660 e. The molecule has 2 heterocycles. The van der Waals surface area contributed by atoms with Gasteiger partial charge in [-0.3, -0.25) is 0 Å². The topological polar surface area (TPSA) is 80.9 Å². The Morgan fingerprint density at radius 1 is 0.657 bits per heavy atom. The lowest BCUT2D eigenvalue weighted by Crippen LogP contribution is -2.28. The zero-order chi connectivity index (χ0) is 25.4. The monoisotopic (exact) mass is 475 g/mol. The lowest BCUT2D eigenvalue weighted by molar-refractivity contribution is 0.0528. The number of aromatic nitrogens is 2. The summed E-state index contributed by atoms with van der Waals surface area (Å²) < 4.78 is 25.3. The maximum Gasteiger partial charge on any atom is 0.660 e. The van der Waals surface area contributed by atoms with Gasteiger partial charge in [0, 0.05) is 22.9 Å². The van der Waals surface area contributed by atoms with Crippen molar-refractivity contribution in [3.63, 3.8) is 0 Å². The van der Waals surface area contributed by atoms with Gasteiger partial charge in [0.25, 0.3) is 0 Å². The van der Waals surface area contributed by atoms with Crippen LogP contribution in [0.15, 0.2) is 60.7 Å². The minimum absolute atomic E-state index is 0.209. The number of benzene rings is 2. The summed E-state index contributed by atoms with van der Waals surface area (Å²) in [5.74, 6) is 0.417. The molecule has 0 spiro atoms. The average Bonchev–Trinajstić information content (AvgIpc) is 3.29. The molecule has 8 nitrogen and oxygen atoms in total. The van der Waals surface area contributed by atoms with E-state index in [1.54, 1.807) is 65.8 Å². The molecule has 35 heavy (non-hydrogen) atoms. The quantitative estimate of drug-likeness (QED) is 0.329. The standard InChI is InChI=1S/C26H28BN2O6/c1-25(2,3)32-23(30)28-19-13-9-7-11-17(19)15-21(28)34-27-35-22-16-18-12-8-10-14-20(18)29(22)24(31)33-26(4,5)6/h7-16H,1-6H3. The molecule has 1 radical (unpaired) electrons. The average molecular weight is 475 g/mol. The van der Waals surface area contributed by atoms with E-state index in [1.807, 2.05) is 36.4 Å². The molecule has 0 fully saturated rings. The van der Waals surface area contributed by atoms with Gasteiger partial charge in [0.1, 0.15) is 11.2 Å². The van der Waals surface area contributed by atoms with Crippen molar-refractivity contribution in [2.45, 2.75) is 52.7 Å². The van der Waals surface area contributed by atoms with Crippen molar-refractivity contribution >= 4 is 41.7 Å². The second-order valence-corrected chi connectivity index (χ2v) is 10.0. The van der Waals surface area contributed by atoms with Gasteiger partial charge in [-0.2, -0.15) is 0 Å². The fourth-order valence-electron chi connectivity index (χ4n) is 3.55. The summed E-state index contributed by atoms with van der Waals surface area (Å²) >= 11 is 0. The first kappa shape index (κ1) is 24.3. The zero-order valence-electron chi connectivity index (χ0n) is 20.7. The zero-order valence-corrected chi connectivity index (χ0v) is 20.7. The van der Waals surface area contributed by atoms with Gasteiger partial charge in [0.05, 0.1) is 11.0 Å². The number of nitrogens with zero attached hydrogens (tertiary/aromatic N) is 2. The van der Waals surface area contributed by atoms with E-state index < -0.39 is 23.4 Å². The molecule has 0 unspecified atom stereocenters. The van der Waals surface area contributed by atoms with Crippen LogP contribution in [0.3, 0.4) is 0 Å². The molecule has 9 heteroatoms. The molecule has 2 aromatic heterocycles. The minimum Gasteiger partial charge on any atom is -0.513 e. The van der Waals surface area contributed by atoms with Crippen LogP contribution in [0.5, 0.6) is 11.8 Å². The smallest absolute Gasteiger partial charge is 0.513 e. The van der Waals surface area contributed by atoms with Gasteiger partial charge in [0.2, 0.25) is 0 Å². The molecular weight excluding hydrogens is 447 g/mol. The third kappa shape index (κ3) is 5.45. The highest BCUT2D eigenvalue weighted by Gasteiger charge is 2.25. The van der Waals surface area contributed by atoms with Crippen molar-refractivity contribution in [2.24, 2.45) is 0 Å². The first-order valence-corrected chi connectivity index (χ1v) is 11.3. The fourth-order valence-corrected chi connectivity index (χ4v) is 3.55. The van der Waals surface area contributed by atoms with Gasteiger partial charge < -0.3 is 18.8 Å². The van der Waals surface area contributed by atoms with E-state index in [0.29, 0.717) is 11.0 Å². The van der Waals surface area contributed by atoms with Crippen LogP contribution in [-0.2, 0) is 9.47 Å². The summed E-state index contributed by atoms with van der Waals surface area (Å²) in [4.78, 5) is 25.8. The lowest BCUT2D eigenvalue weighted by Gasteiger charge is -2.21. The van der Waals surface area contributed by atoms with Crippen molar-refractivity contribution in [3.8, 4) is 11.8 Å². The van der Waals surface area contributed by atoms with Crippen LogP contribution in [0.2, 0.25) is 0 Å². The summed E-state index contributed by atoms with van der Waals surface area (Å²) in [6, 6.07) is 18.1. The van der Waals surface area contributed by atoms with Crippen LogP contribution in [-0.4, -0.2) is 40.2 Å². The Hall–Kier alpha value is -3.88. The van der Waals surface area contributed by atoms with Crippen LogP contribution >= 0.6 is 0 Å². The van der Waals surface area contributed by atoms with Gasteiger partial charge in [0.15, 0.2) is 11.8 Å². The first-order chi connectivity index (χ1) is 16.4. The number of hydrogen-bond acceptors (Lipinski definition) is 6. The Labute approximate surface area is 204 Å². The van der Waals surface area contributed by atoms with Gasteiger partial charge in [-0.15, -0.1) is 0 Å². The molecule has 2 aromatic carbocycles. The Kier molecular flexibility index (Phi) is 6.27. The lowest BCUT2D eigenvalue weighted by atomic mass is 10.2. The third-order valence-electron chi connectivity index (χ3n) is 4.84. The molecule has 181 valence electrons. The summed E-state index contributed by atoms with van der Waals surface area (Å²) in [7, 11) is 1.07. The highest BCUT2D eigenvalue weighted by molar-refractivity contribution is 6.21. The summed E-state index contributed by atoms with van der Waals surface area (Å²) in [5, 5.41) is 1.59. The van der Waals surface area contributed by atoms with Crippen LogP contribution in [0.25, 0.3) is 21.8 Å². The second-order valence-electron chi connectivity index (χ2n) is 10.0. The maximum absolute atomic E-state index is 12.9. The van der Waals surface area contributed by atoms with Crippen molar-refractivity contribution in [1.29, 1.82) is 0 Å². The molecule has 4 aromatic rings. The Morgan fingerprint density at radius 2 is 1.03 bits per heavy atom. The molecule has 0 saturated heterocycles. The Balaban J connectivity index is 1.61. The molecule has 0 bridgehead atoms. The van der Waals surface area contributed by atoms with E-state index in [1.165, 1.54) is 9.13 Å². The van der Waals surface area contributed by atoms with Gasteiger partial charge >= 0.3 is 19.9 Å². The molecule has 0 amide bonds. The van der Waals surface area contributed by atoms with Crippen molar-refractivity contribution in [3.05, 3.63) is 60.7 Å². The van der Waals surface area contributed by atoms with Gasteiger partial charge in [-0.25, -0.2) is 18.7 Å². The normalized spacial score (nSPS) is 11.9. The Bertz CT molecular complexity index is 1280. The van der Waals surface area contributed by atoms with E-state index in [0.717, 1.165) is 18.5 Å². The SMILES string of the molecule is CC(C)(C)OC(=O)n1c(O[B]Oc2cc3ccccc3n2C(=O)OC(C)(C)C)cc2ccccc21. The molecular formula is C26H28BN2O6. The first-order valence-electron chi connectivity index (χ1n) is 11.3. The maximum atomic E-state index is 12.9. The molecule has 0 aliphatic heterocycles. The summed E-state index contributed by atoms with van der Waals surface area (Å²) in [5.41, 5.74) is -0.108. The van der Waals surface area contributed by atoms with E-state index in [2.05, 4.69) is 0 Å². The number of carbonyl (C=O) groups is 2. The molecule has 4 rings (SSSR count). The summed E-state index contributed by atoms with van der Waals surface area (Å²) in [6.07, 6.45) is -1.16. The molecule has 0 aliphatic rings. The molecule has 0 saturated carbocycles. The predicted octanol–water partition coefficient (Wildman–Crippen LogP) is 6.15. The number of rotatable bonds is 4. The van der Waals surface area contributed by atoms with E-state index in [9.17, 15) is 9.59 Å². The summed E-state index contributed by atoms with van der Waals surface area (Å²) in [6.45, 7) is 10.8. The number of carbonyl (C=O) groups excluding carboxylic acids is 2. The predicted molar refractivity (Wildman–Crippen MR) is 134 cm³/mol. The van der Waals surface area contributed by atoms with Crippen LogP contribution in [0.4, 0.5) is 9.59 Å². The molecule has 0 atom stereocenters. The van der Waals surface area contributed by atoms with Crippen molar-refractivity contribution in [2.75, 3.05) is 0 Å². The highest BCUT2D eigenvalue weighted by atomic mass is 16.6. The Morgan fingerprint density at radius 3 is 1.40 bits per heavy atom. The van der Waals surface area contributed by atoms with E-state index in [4.69, 9.17) is 18.8 Å². The molecule has 0 aliphatic carbocycles. The van der Waals surface area contributed by atoms with Crippen LogP contribution in [0, 0.1) is 0 Å². The van der Waals surface area contributed by atoms with Gasteiger partial charge in [-0.1, -0.05) is 36.4 Å². The van der Waals surface area contributed by atoms with Crippen LogP contribution in [0.1, 0.15) is 41.5 Å². The molecule has 0 N–H and O–H groups in total. The number of ether oxygens (including phenoxy) is 2. The number of para-hydroxylation sites is 2. The van der Waals surface area contributed by atoms with E-state index in [-0.39, 0.29) is 11.8 Å². The minimum atomic E-state index is -0.686. The number of fused-ring (bicyclic) bond motifs is 2. The second kappa shape index (κ2) is 9.05. The van der Waals surface area contributed by atoms with Crippen molar-refractivity contribution in [1.82, 2.24) is 9.13 Å². The van der Waals surface area contributed by atoms with Crippen LogP contribution < -0.4 is 9.31 Å². The highest BCUT2D eigenvalue weighted by Crippen LogP contribution is 2.29. The third-order valence-corrected chi connectivity index (χ3v) is 4.84. The van der Waals surface area contributed by atoms with Gasteiger partial charge in [-0.05, 0) is 53.7 Å². The fraction of sp³-hybridized carbons (Fsp3) is 0.308. The van der Waals surface area contributed by atoms with Crippen molar-refractivity contribution < 1.29 is 28.4 Å². The van der Waals surface area contributed by atoms with E-state index >= 15 is 0 Å². The number of hydrogen-bond donors (Lipinski definition) is 0.